The third-order valence-electron chi connectivity index (χ3n) is 17.1. The summed E-state index contributed by atoms with van der Waals surface area (Å²) in [6.45, 7) is 23.8. The molecule has 0 spiro atoms. The third-order valence-corrected chi connectivity index (χ3v) is 19.6. The van der Waals surface area contributed by atoms with Crippen LogP contribution in [0.1, 0.15) is 253 Å². The predicted molar refractivity (Wildman–Crippen MR) is 363 cm³/mol. The van der Waals surface area contributed by atoms with Gasteiger partial charge in [0.05, 0.1) is 50.8 Å². The molecule has 0 saturated carbocycles. The van der Waals surface area contributed by atoms with Crippen molar-refractivity contribution in [2.45, 2.75) is 278 Å². The average molecular weight is 1310 g/mol. The van der Waals surface area contributed by atoms with Gasteiger partial charge in [-0.1, -0.05) is 153 Å². The minimum atomic E-state index is -0.553. The SMILES string of the molecule is CCCCOC(=O)CCCCCCC(O)CN(CCCCC(=O)OCCN1CCN(CCSSCCCCN(CC(O)CCCCC(=O)OCC(CC)CC)CC(O)CCCCC(=O)OCC(CC)CC)CC1)CC(O)CCCCCCC(=O)OCCCC. The first kappa shape index (κ1) is 84.7. The minimum Gasteiger partial charge on any atom is -0.466 e. The summed E-state index contributed by atoms with van der Waals surface area (Å²) >= 11 is 0. The standard InChI is InChI=1S/C69H132N4O14S2/c1-7-13-48-83-65(78)35-21-17-15-19-31-61(74)53-72(54-62(75)32-20-16-18-22-36-66(79)84-49-14-8-2)40-28-27-39-67(80)85-50-46-70-42-44-71(45-43-70)47-52-89-88-51-30-29-41-73(55-63(76)33-23-25-37-68(81)86-57-59(9-3)10-4)56-64(77)34-24-26-38-69(82)87-58-60(11-5)12-6/h59-64,74-77H,7-58H2,1-6H3. The lowest BCUT2D eigenvalue weighted by Gasteiger charge is -2.34. The highest BCUT2D eigenvalue weighted by molar-refractivity contribution is 8.76. The largest absolute Gasteiger partial charge is 0.466 e. The van der Waals surface area contributed by atoms with Crippen LogP contribution in [0, 0.1) is 11.8 Å². The van der Waals surface area contributed by atoms with Gasteiger partial charge in [0.25, 0.3) is 0 Å². The smallest absolute Gasteiger partial charge is 0.305 e. The molecule has 4 atom stereocenters. The number of carbonyl (C=O) groups excluding carboxylic acids is 5. The molecular weight excluding hydrogens is 1170 g/mol. The maximum absolute atomic E-state index is 12.8. The summed E-state index contributed by atoms with van der Waals surface area (Å²) in [6, 6.07) is 0. The Morgan fingerprint density at radius 1 is 0.371 bits per heavy atom. The Morgan fingerprint density at radius 2 is 0.685 bits per heavy atom. The van der Waals surface area contributed by atoms with Crippen molar-refractivity contribution >= 4 is 51.4 Å². The van der Waals surface area contributed by atoms with E-state index in [0.717, 1.165) is 186 Å². The fourth-order valence-corrected chi connectivity index (χ4v) is 13.0. The molecule has 0 radical (unpaired) electrons. The van der Waals surface area contributed by atoms with E-state index in [1.54, 1.807) is 0 Å². The van der Waals surface area contributed by atoms with Gasteiger partial charge in [-0.05, 0) is 115 Å². The first-order chi connectivity index (χ1) is 43.1. The highest BCUT2D eigenvalue weighted by atomic mass is 33.1. The fourth-order valence-electron chi connectivity index (χ4n) is 10.8. The Morgan fingerprint density at radius 3 is 1.08 bits per heavy atom. The zero-order valence-corrected chi connectivity index (χ0v) is 58.8. The van der Waals surface area contributed by atoms with Gasteiger partial charge >= 0.3 is 29.8 Å². The van der Waals surface area contributed by atoms with Crippen molar-refractivity contribution in [1.82, 2.24) is 19.6 Å². The molecule has 0 aromatic carbocycles. The summed E-state index contributed by atoms with van der Waals surface area (Å²) in [6.07, 6.45) is 23.1. The molecule has 18 nitrogen and oxygen atoms in total. The van der Waals surface area contributed by atoms with Crippen molar-refractivity contribution in [2.75, 3.05) is 123 Å². The van der Waals surface area contributed by atoms with E-state index in [9.17, 15) is 44.4 Å². The quantitative estimate of drug-likeness (QED) is 0.0192. The lowest BCUT2D eigenvalue weighted by molar-refractivity contribution is -0.146. The number of piperazine rings is 1. The lowest BCUT2D eigenvalue weighted by atomic mass is 10.1. The first-order valence-electron chi connectivity index (χ1n) is 35.8. The van der Waals surface area contributed by atoms with Crippen LogP contribution < -0.4 is 0 Å². The Labute approximate surface area is 549 Å². The van der Waals surface area contributed by atoms with Crippen molar-refractivity contribution in [3.05, 3.63) is 0 Å². The van der Waals surface area contributed by atoms with Crippen LogP contribution in [0.5, 0.6) is 0 Å². The second-order valence-electron chi connectivity index (χ2n) is 25.1. The molecule has 1 aliphatic rings. The third kappa shape index (κ3) is 51.8. The van der Waals surface area contributed by atoms with Crippen molar-refractivity contribution in [1.29, 1.82) is 0 Å². The van der Waals surface area contributed by atoms with Crippen LogP contribution >= 0.6 is 21.6 Å². The van der Waals surface area contributed by atoms with E-state index in [1.165, 1.54) is 0 Å². The van der Waals surface area contributed by atoms with Crippen LogP contribution in [0.3, 0.4) is 0 Å². The summed E-state index contributed by atoms with van der Waals surface area (Å²) < 4.78 is 27.1. The van der Waals surface area contributed by atoms with Crippen LogP contribution in [-0.2, 0) is 47.7 Å². The Balaban J connectivity index is 2.44. The van der Waals surface area contributed by atoms with Gasteiger partial charge in [-0.15, -0.1) is 0 Å². The van der Waals surface area contributed by atoms with E-state index in [0.29, 0.717) is 161 Å². The van der Waals surface area contributed by atoms with Gasteiger partial charge in [0.1, 0.15) is 6.61 Å². The van der Waals surface area contributed by atoms with Crippen LogP contribution in [0.25, 0.3) is 0 Å². The summed E-state index contributed by atoms with van der Waals surface area (Å²) in [7, 11) is 3.81. The number of aliphatic hydroxyl groups excluding tert-OH is 4. The zero-order valence-electron chi connectivity index (χ0n) is 57.2. The van der Waals surface area contributed by atoms with Gasteiger partial charge in [0.15, 0.2) is 0 Å². The molecule has 89 heavy (non-hydrogen) atoms. The molecule has 20 heteroatoms. The van der Waals surface area contributed by atoms with E-state index < -0.39 is 24.4 Å². The molecule has 4 N–H and O–H groups in total. The molecule has 0 bridgehead atoms. The number of esters is 5. The van der Waals surface area contributed by atoms with E-state index in [1.807, 2.05) is 21.6 Å². The normalized spacial score (nSPS) is 14.6. The number of nitrogens with zero attached hydrogens (tertiary/aromatic N) is 4. The Kier molecular flexibility index (Phi) is 56.6. The van der Waals surface area contributed by atoms with Crippen LogP contribution in [-0.4, -0.2) is 217 Å². The van der Waals surface area contributed by atoms with E-state index in [-0.39, 0.29) is 29.8 Å². The number of hydrogen-bond donors (Lipinski definition) is 4. The molecule has 524 valence electrons. The van der Waals surface area contributed by atoms with Gasteiger partial charge in [-0.25, -0.2) is 0 Å². The number of rotatable bonds is 63. The summed E-state index contributed by atoms with van der Waals surface area (Å²) in [5.41, 5.74) is 0. The predicted octanol–water partition coefficient (Wildman–Crippen LogP) is 12.0. The second kappa shape index (κ2) is 59.5. The molecule has 0 aromatic rings. The van der Waals surface area contributed by atoms with Crippen LogP contribution in [0.15, 0.2) is 0 Å². The van der Waals surface area contributed by atoms with Crippen molar-refractivity contribution < 1.29 is 68.1 Å². The molecule has 0 aromatic heterocycles. The van der Waals surface area contributed by atoms with Gasteiger partial charge in [0, 0.05) is 109 Å². The molecule has 4 unspecified atom stereocenters. The van der Waals surface area contributed by atoms with E-state index >= 15 is 0 Å². The highest BCUT2D eigenvalue weighted by Gasteiger charge is 2.21. The lowest BCUT2D eigenvalue weighted by Crippen LogP contribution is -2.47. The monoisotopic (exact) mass is 1300 g/mol. The topological polar surface area (TPSA) is 225 Å². The number of hydrogen-bond acceptors (Lipinski definition) is 20. The second-order valence-corrected chi connectivity index (χ2v) is 27.8. The molecule has 1 rings (SSSR count). The number of unbranched alkanes of at least 4 members (excludes halogenated alkanes) is 12. The first-order valence-corrected chi connectivity index (χ1v) is 38.3. The average Bonchev–Trinajstić information content (AvgIpc) is 3.68. The summed E-state index contributed by atoms with van der Waals surface area (Å²) in [5.74, 6) is 2.07. The van der Waals surface area contributed by atoms with Crippen molar-refractivity contribution in [3.63, 3.8) is 0 Å². The molecule has 1 fully saturated rings. The van der Waals surface area contributed by atoms with E-state index in [2.05, 4.69) is 61.1 Å². The fraction of sp³-hybridized carbons (Fsp3) is 0.928. The summed E-state index contributed by atoms with van der Waals surface area (Å²) in [5, 5.41) is 44.2. The van der Waals surface area contributed by atoms with Gasteiger partial charge in [-0.3, -0.25) is 43.6 Å². The van der Waals surface area contributed by atoms with Gasteiger partial charge < -0.3 is 44.1 Å². The molecule has 1 saturated heterocycles. The number of ether oxygens (including phenoxy) is 5. The molecule has 0 aliphatic carbocycles. The molecule has 1 heterocycles. The maximum Gasteiger partial charge on any atom is 0.305 e. The molecule has 1 aliphatic heterocycles. The van der Waals surface area contributed by atoms with Crippen molar-refractivity contribution in [2.24, 2.45) is 11.8 Å². The highest BCUT2D eigenvalue weighted by Crippen LogP contribution is 2.23. The van der Waals surface area contributed by atoms with Crippen molar-refractivity contribution in [3.8, 4) is 0 Å². The van der Waals surface area contributed by atoms with Crippen LogP contribution in [0.4, 0.5) is 0 Å². The Hall–Kier alpha value is -2.27. The maximum atomic E-state index is 12.8. The number of aliphatic hydroxyl groups is 4. The van der Waals surface area contributed by atoms with Crippen LogP contribution in [0.2, 0.25) is 0 Å². The minimum absolute atomic E-state index is 0.135. The summed E-state index contributed by atoms with van der Waals surface area (Å²) in [4.78, 5) is 70.4. The van der Waals surface area contributed by atoms with Gasteiger partial charge in [-0.2, -0.15) is 0 Å². The van der Waals surface area contributed by atoms with Gasteiger partial charge in [0.2, 0.25) is 0 Å². The molecular formula is C69H132N4O14S2. The zero-order chi connectivity index (χ0) is 65.4. The number of carbonyl (C=O) groups is 5. The Bertz CT molecular complexity index is 1610. The van der Waals surface area contributed by atoms with E-state index in [4.69, 9.17) is 23.7 Å². The molecule has 0 amide bonds.